The normalized spacial score (nSPS) is 10.1. The van der Waals surface area contributed by atoms with Gasteiger partial charge in [0.15, 0.2) is 0 Å². The van der Waals surface area contributed by atoms with Crippen molar-refractivity contribution in [2.75, 3.05) is 24.3 Å². The summed E-state index contributed by atoms with van der Waals surface area (Å²) in [4.78, 5) is 16.6. The van der Waals surface area contributed by atoms with E-state index in [1.54, 1.807) is 12.4 Å². The molecule has 2 N–H and O–H groups in total. The number of nitrogens with zero attached hydrogens (tertiary/aromatic N) is 4. The van der Waals surface area contributed by atoms with Crippen molar-refractivity contribution in [2.45, 2.75) is 19.9 Å². The van der Waals surface area contributed by atoms with Crippen LogP contribution in [0.2, 0.25) is 0 Å². The molecule has 0 fully saturated rings. The predicted octanol–water partition coefficient (Wildman–Crippen LogP) is 1.71. The molecule has 0 amide bonds. The van der Waals surface area contributed by atoms with Gasteiger partial charge >= 0.3 is 6.01 Å². The van der Waals surface area contributed by atoms with Crippen LogP contribution in [0.5, 0.6) is 6.01 Å². The molecule has 7 heteroatoms. The maximum atomic E-state index is 5.07. The quantitative estimate of drug-likeness (QED) is 0.795. The van der Waals surface area contributed by atoms with Crippen molar-refractivity contribution < 1.29 is 4.74 Å². The Morgan fingerprint density at radius 2 is 1.95 bits per heavy atom. The van der Waals surface area contributed by atoms with Crippen LogP contribution in [0.4, 0.5) is 11.9 Å². The highest BCUT2D eigenvalue weighted by Crippen LogP contribution is 2.11. The lowest BCUT2D eigenvalue weighted by Gasteiger charge is -2.08. The third-order valence-corrected chi connectivity index (χ3v) is 2.50. The zero-order chi connectivity index (χ0) is 14.2. The molecule has 2 rings (SSSR count). The molecule has 0 spiro atoms. The Labute approximate surface area is 117 Å². The molecular weight excluding hydrogens is 256 g/mol. The minimum Gasteiger partial charge on any atom is -0.467 e. The first-order valence-electron chi connectivity index (χ1n) is 6.48. The Morgan fingerprint density at radius 3 is 2.60 bits per heavy atom. The highest BCUT2D eigenvalue weighted by Gasteiger charge is 2.06. The number of pyridine rings is 1. The number of methoxy groups -OCH3 is 1. The predicted molar refractivity (Wildman–Crippen MR) is 76.7 cm³/mol. The summed E-state index contributed by atoms with van der Waals surface area (Å²) in [6.07, 6.45) is 4.52. The van der Waals surface area contributed by atoms with Crippen LogP contribution in [0.1, 0.15) is 18.9 Å². The van der Waals surface area contributed by atoms with Gasteiger partial charge in [0.25, 0.3) is 0 Å². The smallest absolute Gasteiger partial charge is 0.322 e. The van der Waals surface area contributed by atoms with Gasteiger partial charge in [-0.05, 0) is 18.1 Å². The van der Waals surface area contributed by atoms with Crippen LogP contribution >= 0.6 is 0 Å². The first-order valence-corrected chi connectivity index (χ1v) is 6.48. The topological polar surface area (TPSA) is 84.9 Å². The first-order chi connectivity index (χ1) is 9.81. The maximum absolute atomic E-state index is 5.07. The summed E-state index contributed by atoms with van der Waals surface area (Å²) in [7, 11) is 1.53. The highest BCUT2D eigenvalue weighted by molar-refractivity contribution is 5.36. The lowest BCUT2D eigenvalue weighted by Crippen LogP contribution is -2.10. The second-order valence-electron chi connectivity index (χ2n) is 4.11. The van der Waals surface area contributed by atoms with Gasteiger partial charge in [0, 0.05) is 25.5 Å². The summed E-state index contributed by atoms with van der Waals surface area (Å²) >= 11 is 0. The zero-order valence-corrected chi connectivity index (χ0v) is 11.6. The number of aromatic nitrogens is 4. The largest absolute Gasteiger partial charge is 0.467 e. The number of hydrogen-bond acceptors (Lipinski definition) is 7. The minimum absolute atomic E-state index is 0.285. The molecule has 0 aromatic carbocycles. The van der Waals surface area contributed by atoms with Gasteiger partial charge in [0.05, 0.1) is 7.11 Å². The molecule has 0 bridgehead atoms. The third-order valence-electron chi connectivity index (χ3n) is 2.50. The van der Waals surface area contributed by atoms with Gasteiger partial charge in [-0.1, -0.05) is 13.0 Å². The zero-order valence-electron chi connectivity index (χ0n) is 11.6. The molecule has 0 saturated heterocycles. The highest BCUT2D eigenvalue weighted by atomic mass is 16.5. The van der Waals surface area contributed by atoms with E-state index in [1.807, 2.05) is 12.1 Å². The van der Waals surface area contributed by atoms with E-state index in [9.17, 15) is 0 Å². The van der Waals surface area contributed by atoms with Crippen LogP contribution in [0.25, 0.3) is 0 Å². The number of nitrogens with one attached hydrogen (secondary N) is 2. The molecule has 0 aliphatic rings. The van der Waals surface area contributed by atoms with Crippen LogP contribution in [-0.2, 0) is 6.54 Å². The van der Waals surface area contributed by atoms with E-state index in [0.717, 1.165) is 18.5 Å². The molecule has 2 heterocycles. The Kier molecular flexibility index (Phi) is 5.05. The van der Waals surface area contributed by atoms with E-state index in [-0.39, 0.29) is 6.01 Å². The average Bonchev–Trinajstić information content (AvgIpc) is 2.51. The van der Waals surface area contributed by atoms with Crippen molar-refractivity contribution >= 4 is 11.9 Å². The fourth-order valence-electron chi connectivity index (χ4n) is 1.53. The number of ether oxygens (including phenoxy) is 1. The second kappa shape index (κ2) is 7.22. The standard InChI is InChI=1S/C13H18N6O/c1-3-6-15-11-17-12(19-13(18-11)20-2)16-9-10-5-4-7-14-8-10/h4-5,7-8H,3,6,9H2,1-2H3,(H2,15,16,17,18,19). The lowest BCUT2D eigenvalue weighted by atomic mass is 10.3. The molecule has 0 aliphatic heterocycles. The van der Waals surface area contributed by atoms with Gasteiger partial charge < -0.3 is 15.4 Å². The number of hydrogen-bond donors (Lipinski definition) is 2. The van der Waals surface area contributed by atoms with Crippen LogP contribution in [0, 0.1) is 0 Å². The van der Waals surface area contributed by atoms with E-state index in [0.29, 0.717) is 18.4 Å². The summed E-state index contributed by atoms with van der Waals surface area (Å²) in [5, 5.41) is 6.24. The molecular formula is C13H18N6O. The van der Waals surface area contributed by atoms with Crippen molar-refractivity contribution in [3.63, 3.8) is 0 Å². The Bertz CT molecular complexity index is 534. The van der Waals surface area contributed by atoms with Gasteiger partial charge in [-0.3, -0.25) is 4.98 Å². The fourth-order valence-corrected chi connectivity index (χ4v) is 1.53. The van der Waals surface area contributed by atoms with Gasteiger partial charge in [-0.15, -0.1) is 0 Å². The summed E-state index contributed by atoms with van der Waals surface area (Å²) in [5.74, 6) is 0.978. The van der Waals surface area contributed by atoms with E-state index in [1.165, 1.54) is 7.11 Å². The molecule has 0 radical (unpaired) electrons. The summed E-state index contributed by atoms with van der Waals surface area (Å²) in [6.45, 7) is 3.47. The van der Waals surface area contributed by atoms with E-state index in [2.05, 4.69) is 37.5 Å². The van der Waals surface area contributed by atoms with E-state index in [4.69, 9.17) is 4.74 Å². The molecule has 0 saturated carbocycles. The van der Waals surface area contributed by atoms with Crippen LogP contribution < -0.4 is 15.4 Å². The van der Waals surface area contributed by atoms with Crippen molar-refractivity contribution in [3.8, 4) is 6.01 Å². The average molecular weight is 274 g/mol. The molecule has 0 aliphatic carbocycles. The Balaban J connectivity index is 2.06. The number of rotatable bonds is 7. The third kappa shape index (κ3) is 4.04. The van der Waals surface area contributed by atoms with Gasteiger partial charge in [0.2, 0.25) is 11.9 Å². The van der Waals surface area contributed by atoms with Crippen molar-refractivity contribution in [3.05, 3.63) is 30.1 Å². The van der Waals surface area contributed by atoms with Crippen LogP contribution in [0.15, 0.2) is 24.5 Å². The monoisotopic (exact) mass is 274 g/mol. The molecule has 0 atom stereocenters. The maximum Gasteiger partial charge on any atom is 0.322 e. The summed E-state index contributed by atoms with van der Waals surface area (Å²) in [5.41, 5.74) is 1.05. The first kappa shape index (κ1) is 14.0. The SMILES string of the molecule is CCCNc1nc(NCc2cccnc2)nc(OC)n1. The van der Waals surface area contributed by atoms with E-state index < -0.39 is 0 Å². The van der Waals surface area contributed by atoms with Gasteiger partial charge in [0.1, 0.15) is 0 Å². The van der Waals surface area contributed by atoms with Gasteiger partial charge in [-0.2, -0.15) is 15.0 Å². The lowest BCUT2D eigenvalue weighted by molar-refractivity contribution is 0.379. The minimum atomic E-state index is 0.285. The van der Waals surface area contributed by atoms with Gasteiger partial charge in [-0.25, -0.2) is 0 Å². The second-order valence-corrected chi connectivity index (χ2v) is 4.11. The van der Waals surface area contributed by atoms with Crippen LogP contribution in [-0.4, -0.2) is 33.6 Å². The fraction of sp³-hybridized carbons (Fsp3) is 0.385. The molecule has 2 aromatic heterocycles. The number of anilines is 2. The Hall–Kier alpha value is -2.44. The molecule has 0 unspecified atom stereocenters. The summed E-state index contributed by atoms with van der Waals surface area (Å²) in [6, 6.07) is 4.15. The molecule has 7 nitrogen and oxygen atoms in total. The van der Waals surface area contributed by atoms with Crippen LogP contribution in [0.3, 0.4) is 0 Å². The molecule has 2 aromatic rings. The van der Waals surface area contributed by atoms with Crippen molar-refractivity contribution in [1.82, 2.24) is 19.9 Å². The Morgan fingerprint density at radius 1 is 1.15 bits per heavy atom. The van der Waals surface area contributed by atoms with E-state index >= 15 is 0 Å². The molecule has 106 valence electrons. The van der Waals surface area contributed by atoms with Crippen molar-refractivity contribution in [1.29, 1.82) is 0 Å². The molecule has 20 heavy (non-hydrogen) atoms. The summed E-state index contributed by atoms with van der Waals surface area (Å²) < 4.78 is 5.07. The van der Waals surface area contributed by atoms with Crippen molar-refractivity contribution in [2.24, 2.45) is 0 Å².